The molecule has 0 saturated carbocycles. The van der Waals surface area contributed by atoms with E-state index < -0.39 is 0 Å². The van der Waals surface area contributed by atoms with Crippen LogP contribution in [0.4, 0.5) is 0 Å². The van der Waals surface area contributed by atoms with Crippen molar-refractivity contribution in [2.45, 2.75) is 31.8 Å². The van der Waals surface area contributed by atoms with Crippen LogP contribution in [0.2, 0.25) is 0 Å². The van der Waals surface area contributed by atoms with Gasteiger partial charge in [0, 0.05) is 20.6 Å². The topological polar surface area (TPSA) is 83.5 Å². The molecule has 8 heteroatoms. The lowest BCUT2D eigenvalue weighted by molar-refractivity contribution is 0.146. The number of rotatable bonds is 6. The molecule has 2 aromatic rings. The summed E-state index contributed by atoms with van der Waals surface area (Å²) in [5.74, 6) is 2.61. The van der Waals surface area contributed by atoms with E-state index in [9.17, 15) is 0 Å². The molecule has 1 unspecified atom stereocenters. The lowest BCUT2D eigenvalue weighted by Gasteiger charge is -2.33. The van der Waals surface area contributed by atoms with Gasteiger partial charge in [-0.05, 0) is 38.1 Å². The summed E-state index contributed by atoms with van der Waals surface area (Å²) < 4.78 is 7.57. The third-order valence-electron chi connectivity index (χ3n) is 4.61. The standard InChI is InChI=1S/C17H27N7O/c1-18-17(20-12-16-22-21-13-23(16)2)19-11-14(15-7-6-10-25-15)24-8-4-3-5-9-24/h6-7,10,13-14H,3-5,8-9,11-12H2,1-2H3,(H2,18,19,20). The van der Waals surface area contributed by atoms with Crippen molar-refractivity contribution >= 4 is 5.96 Å². The highest BCUT2D eigenvalue weighted by molar-refractivity contribution is 5.79. The van der Waals surface area contributed by atoms with Crippen LogP contribution < -0.4 is 10.6 Å². The molecule has 0 aliphatic carbocycles. The second-order valence-corrected chi connectivity index (χ2v) is 6.29. The van der Waals surface area contributed by atoms with E-state index in [2.05, 4.69) is 36.8 Å². The number of likely N-dealkylation sites (tertiary alicyclic amines) is 1. The molecule has 1 atom stereocenters. The minimum Gasteiger partial charge on any atom is -0.468 e. The molecule has 0 aromatic carbocycles. The molecule has 2 aromatic heterocycles. The molecule has 2 N–H and O–H groups in total. The van der Waals surface area contributed by atoms with Gasteiger partial charge in [0.15, 0.2) is 11.8 Å². The third kappa shape index (κ3) is 4.60. The Labute approximate surface area is 148 Å². The van der Waals surface area contributed by atoms with Crippen LogP contribution in [0.25, 0.3) is 0 Å². The summed E-state index contributed by atoms with van der Waals surface area (Å²) in [5.41, 5.74) is 0. The Morgan fingerprint density at radius 1 is 1.32 bits per heavy atom. The summed E-state index contributed by atoms with van der Waals surface area (Å²) >= 11 is 0. The molecule has 0 bridgehead atoms. The predicted octanol–water partition coefficient (Wildman–Crippen LogP) is 1.30. The zero-order valence-electron chi connectivity index (χ0n) is 15.0. The first kappa shape index (κ1) is 17.5. The van der Waals surface area contributed by atoms with Gasteiger partial charge < -0.3 is 19.6 Å². The van der Waals surface area contributed by atoms with Gasteiger partial charge in [0.1, 0.15) is 12.1 Å². The summed E-state index contributed by atoms with van der Waals surface area (Å²) in [4.78, 5) is 6.79. The van der Waals surface area contributed by atoms with Crippen molar-refractivity contribution in [1.29, 1.82) is 0 Å². The number of furan rings is 1. The number of aromatic nitrogens is 3. The summed E-state index contributed by atoms with van der Waals surface area (Å²) in [6.45, 7) is 3.54. The summed E-state index contributed by atoms with van der Waals surface area (Å²) in [6.07, 6.45) is 7.24. The number of hydrogen-bond donors (Lipinski definition) is 2. The Hall–Kier alpha value is -2.35. The largest absolute Gasteiger partial charge is 0.468 e. The van der Waals surface area contributed by atoms with Crippen molar-refractivity contribution in [2.75, 3.05) is 26.7 Å². The predicted molar refractivity (Wildman–Crippen MR) is 96.1 cm³/mol. The van der Waals surface area contributed by atoms with Crippen LogP contribution in [0.1, 0.15) is 36.9 Å². The third-order valence-corrected chi connectivity index (χ3v) is 4.61. The van der Waals surface area contributed by atoms with E-state index in [-0.39, 0.29) is 6.04 Å². The second-order valence-electron chi connectivity index (χ2n) is 6.29. The molecule has 1 aliphatic rings. The second kappa shape index (κ2) is 8.66. The average Bonchev–Trinajstić information content (AvgIpc) is 3.31. The van der Waals surface area contributed by atoms with Gasteiger partial charge in [0.25, 0.3) is 0 Å². The minimum absolute atomic E-state index is 0.212. The van der Waals surface area contributed by atoms with Gasteiger partial charge in [0.05, 0.1) is 18.8 Å². The van der Waals surface area contributed by atoms with Crippen molar-refractivity contribution in [3.05, 3.63) is 36.3 Å². The smallest absolute Gasteiger partial charge is 0.191 e. The van der Waals surface area contributed by atoms with Gasteiger partial charge in [0.2, 0.25) is 0 Å². The molecular formula is C17H27N7O. The summed E-state index contributed by atoms with van der Waals surface area (Å²) in [6, 6.07) is 4.22. The van der Waals surface area contributed by atoms with Crippen molar-refractivity contribution in [3.8, 4) is 0 Å². The lowest BCUT2D eigenvalue weighted by Crippen LogP contribution is -2.44. The monoisotopic (exact) mass is 345 g/mol. The number of nitrogens with one attached hydrogen (secondary N) is 2. The normalized spacial score (nSPS) is 17.4. The molecule has 1 fully saturated rings. The Kier molecular flexibility index (Phi) is 6.05. The number of hydrogen-bond acceptors (Lipinski definition) is 5. The zero-order valence-corrected chi connectivity index (χ0v) is 15.0. The maximum Gasteiger partial charge on any atom is 0.191 e. The van der Waals surface area contributed by atoms with Crippen LogP contribution >= 0.6 is 0 Å². The van der Waals surface area contributed by atoms with E-state index in [1.165, 1.54) is 19.3 Å². The molecule has 0 radical (unpaired) electrons. The Balaban J connectivity index is 1.58. The van der Waals surface area contributed by atoms with E-state index in [0.29, 0.717) is 6.54 Å². The van der Waals surface area contributed by atoms with E-state index in [0.717, 1.165) is 37.2 Å². The zero-order chi connectivity index (χ0) is 17.5. The minimum atomic E-state index is 0.212. The molecule has 1 saturated heterocycles. The van der Waals surface area contributed by atoms with Crippen LogP contribution in [0.3, 0.4) is 0 Å². The summed E-state index contributed by atoms with van der Waals surface area (Å²) in [7, 11) is 3.70. The molecule has 3 heterocycles. The first-order valence-corrected chi connectivity index (χ1v) is 8.83. The molecule has 8 nitrogen and oxygen atoms in total. The first-order valence-electron chi connectivity index (χ1n) is 8.83. The maximum absolute atomic E-state index is 5.69. The molecule has 0 spiro atoms. The van der Waals surface area contributed by atoms with Crippen LogP contribution in [0.5, 0.6) is 0 Å². The highest BCUT2D eigenvalue weighted by Gasteiger charge is 2.24. The Morgan fingerprint density at radius 2 is 2.16 bits per heavy atom. The van der Waals surface area contributed by atoms with E-state index >= 15 is 0 Å². The van der Waals surface area contributed by atoms with E-state index in [1.54, 1.807) is 19.6 Å². The number of aliphatic imine (C=N–C) groups is 1. The van der Waals surface area contributed by atoms with Gasteiger partial charge in [-0.15, -0.1) is 10.2 Å². The summed E-state index contributed by atoms with van der Waals surface area (Å²) in [5, 5.41) is 14.7. The fraction of sp³-hybridized carbons (Fsp3) is 0.588. The van der Waals surface area contributed by atoms with E-state index in [4.69, 9.17) is 4.42 Å². The Morgan fingerprint density at radius 3 is 2.80 bits per heavy atom. The van der Waals surface area contributed by atoms with Crippen LogP contribution in [-0.2, 0) is 13.6 Å². The molecule has 1 aliphatic heterocycles. The van der Waals surface area contributed by atoms with Crippen molar-refractivity contribution in [1.82, 2.24) is 30.3 Å². The highest BCUT2D eigenvalue weighted by Crippen LogP contribution is 2.24. The van der Waals surface area contributed by atoms with Crippen molar-refractivity contribution < 1.29 is 4.42 Å². The number of aryl methyl sites for hydroxylation is 1. The first-order chi connectivity index (χ1) is 12.3. The van der Waals surface area contributed by atoms with Crippen LogP contribution in [0.15, 0.2) is 34.1 Å². The number of piperidine rings is 1. The molecule has 136 valence electrons. The molecule has 25 heavy (non-hydrogen) atoms. The fourth-order valence-electron chi connectivity index (χ4n) is 3.16. The van der Waals surface area contributed by atoms with Gasteiger partial charge in [-0.25, -0.2) is 0 Å². The quantitative estimate of drug-likeness (QED) is 0.606. The average molecular weight is 345 g/mol. The van der Waals surface area contributed by atoms with Gasteiger partial charge in [-0.2, -0.15) is 0 Å². The number of guanidine groups is 1. The number of nitrogens with zero attached hydrogens (tertiary/aromatic N) is 5. The lowest BCUT2D eigenvalue weighted by atomic mass is 10.1. The maximum atomic E-state index is 5.69. The molecule has 0 amide bonds. The molecular weight excluding hydrogens is 318 g/mol. The van der Waals surface area contributed by atoms with Gasteiger partial charge >= 0.3 is 0 Å². The Bertz CT molecular complexity index is 658. The fourth-order valence-corrected chi connectivity index (χ4v) is 3.16. The van der Waals surface area contributed by atoms with Crippen molar-refractivity contribution in [2.24, 2.45) is 12.0 Å². The highest BCUT2D eigenvalue weighted by atomic mass is 16.3. The van der Waals surface area contributed by atoms with Gasteiger partial charge in [-0.1, -0.05) is 6.42 Å². The van der Waals surface area contributed by atoms with Gasteiger partial charge in [-0.3, -0.25) is 9.89 Å². The van der Waals surface area contributed by atoms with Crippen LogP contribution in [-0.4, -0.2) is 52.3 Å². The molecule has 3 rings (SSSR count). The van der Waals surface area contributed by atoms with E-state index in [1.807, 2.05) is 17.7 Å². The SMILES string of the molecule is CN=C(NCc1nncn1C)NCC(c1ccco1)N1CCCCC1. The van der Waals surface area contributed by atoms with Crippen molar-refractivity contribution in [3.63, 3.8) is 0 Å². The van der Waals surface area contributed by atoms with Crippen LogP contribution in [0, 0.1) is 0 Å².